The Morgan fingerprint density at radius 3 is 2.48 bits per heavy atom. The minimum absolute atomic E-state index is 0.105. The summed E-state index contributed by atoms with van der Waals surface area (Å²) in [4.78, 5) is 23.6. The molecular formula is C16H21NO4. The summed E-state index contributed by atoms with van der Waals surface area (Å²) < 4.78 is 10.0. The quantitative estimate of drug-likeness (QED) is 0.619. The molecule has 1 N–H and O–H groups in total. The lowest BCUT2D eigenvalue weighted by atomic mass is 10.1. The van der Waals surface area contributed by atoms with Crippen molar-refractivity contribution < 1.29 is 19.1 Å². The summed E-state index contributed by atoms with van der Waals surface area (Å²) >= 11 is 0. The first kappa shape index (κ1) is 16.8. The van der Waals surface area contributed by atoms with Crippen LogP contribution in [0.1, 0.15) is 19.4 Å². The Morgan fingerprint density at radius 2 is 1.90 bits per heavy atom. The smallest absolute Gasteiger partial charge is 0.408 e. The van der Waals surface area contributed by atoms with Crippen LogP contribution in [-0.2, 0) is 20.9 Å². The molecule has 0 saturated carbocycles. The number of hydrogen-bond acceptors (Lipinski definition) is 4. The standard InChI is InChI=1S/C16H21NO4/c1-4-10-20-15(18)14(12(2)3)17-16(19)21-11-13-8-6-5-7-9-13/h4-9,12,14H,1,10-11H2,2-3H3,(H,17,19)/t14-/m0/s1. The van der Waals surface area contributed by atoms with Gasteiger partial charge < -0.3 is 14.8 Å². The molecular weight excluding hydrogens is 270 g/mol. The fourth-order valence-corrected chi connectivity index (χ4v) is 1.62. The van der Waals surface area contributed by atoms with E-state index in [0.717, 1.165) is 5.56 Å². The number of esters is 1. The van der Waals surface area contributed by atoms with Gasteiger partial charge in [0, 0.05) is 0 Å². The second-order valence-electron chi connectivity index (χ2n) is 4.85. The molecule has 0 aromatic heterocycles. The van der Waals surface area contributed by atoms with Gasteiger partial charge in [0.1, 0.15) is 19.3 Å². The molecule has 114 valence electrons. The van der Waals surface area contributed by atoms with E-state index >= 15 is 0 Å². The molecule has 1 aromatic carbocycles. The van der Waals surface area contributed by atoms with E-state index in [9.17, 15) is 9.59 Å². The van der Waals surface area contributed by atoms with Gasteiger partial charge in [-0.2, -0.15) is 0 Å². The Labute approximate surface area is 124 Å². The van der Waals surface area contributed by atoms with E-state index in [2.05, 4.69) is 11.9 Å². The van der Waals surface area contributed by atoms with E-state index in [1.807, 2.05) is 44.2 Å². The molecule has 0 aliphatic carbocycles. The van der Waals surface area contributed by atoms with Crippen molar-refractivity contribution in [3.05, 3.63) is 48.6 Å². The molecule has 0 heterocycles. The van der Waals surface area contributed by atoms with Gasteiger partial charge in [-0.1, -0.05) is 56.8 Å². The Kier molecular flexibility index (Phi) is 7.01. The van der Waals surface area contributed by atoms with Crippen LogP contribution in [0.15, 0.2) is 43.0 Å². The molecule has 1 atom stereocenters. The van der Waals surface area contributed by atoms with Gasteiger partial charge >= 0.3 is 12.1 Å². The monoisotopic (exact) mass is 291 g/mol. The summed E-state index contributed by atoms with van der Waals surface area (Å²) in [6, 6.07) is 8.57. The number of nitrogens with one attached hydrogen (secondary N) is 1. The first-order valence-electron chi connectivity index (χ1n) is 6.79. The number of alkyl carbamates (subject to hydrolysis) is 1. The van der Waals surface area contributed by atoms with Crippen molar-refractivity contribution in [2.75, 3.05) is 6.61 Å². The third-order valence-corrected chi connectivity index (χ3v) is 2.75. The fraction of sp³-hybridized carbons (Fsp3) is 0.375. The van der Waals surface area contributed by atoms with Crippen LogP contribution < -0.4 is 5.32 Å². The van der Waals surface area contributed by atoms with E-state index < -0.39 is 18.1 Å². The molecule has 0 fully saturated rings. The zero-order valence-corrected chi connectivity index (χ0v) is 12.4. The van der Waals surface area contributed by atoms with Crippen LogP contribution in [0.5, 0.6) is 0 Å². The number of carbonyl (C=O) groups excluding carboxylic acids is 2. The summed E-state index contributed by atoms with van der Waals surface area (Å²) in [5, 5.41) is 2.53. The third-order valence-electron chi connectivity index (χ3n) is 2.75. The molecule has 21 heavy (non-hydrogen) atoms. The lowest BCUT2D eigenvalue weighted by Crippen LogP contribution is -2.45. The SMILES string of the molecule is C=CCOC(=O)[C@@H](NC(=O)OCc1ccccc1)C(C)C. The van der Waals surface area contributed by atoms with E-state index in [0.29, 0.717) is 0 Å². The minimum atomic E-state index is -0.742. The second-order valence-corrected chi connectivity index (χ2v) is 4.85. The molecule has 0 aliphatic rings. The maximum Gasteiger partial charge on any atom is 0.408 e. The highest BCUT2D eigenvalue weighted by Crippen LogP contribution is 2.06. The van der Waals surface area contributed by atoms with Gasteiger partial charge in [0.05, 0.1) is 0 Å². The number of amides is 1. The molecule has 0 aliphatic heterocycles. The minimum Gasteiger partial charge on any atom is -0.460 e. The summed E-state index contributed by atoms with van der Waals surface area (Å²) in [5.41, 5.74) is 0.878. The zero-order chi connectivity index (χ0) is 15.7. The molecule has 0 spiro atoms. The van der Waals surface area contributed by atoms with Crippen molar-refractivity contribution in [3.63, 3.8) is 0 Å². The van der Waals surface area contributed by atoms with Crippen molar-refractivity contribution in [3.8, 4) is 0 Å². The van der Waals surface area contributed by atoms with Crippen LogP contribution in [0.4, 0.5) is 4.79 Å². The Balaban J connectivity index is 2.48. The lowest BCUT2D eigenvalue weighted by molar-refractivity contribution is -0.146. The van der Waals surface area contributed by atoms with E-state index in [1.54, 1.807) is 0 Å². The number of hydrogen-bond donors (Lipinski definition) is 1. The molecule has 0 radical (unpaired) electrons. The molecule has 1 aromatic rings. The number of ether oxygens (including phenoxy) is 2. The predicted octanol–water partition coefficient (Wildman–Crippen LogP) is 2.67. The third kappa shape index (κ3) is 6.12. The van der Waals surface area contributed by atoms with Crippen LogP contribution >= 0.6 is 0 Å². The number of carbonyl (C=O) groups is 2. The van der Waals surface area contributed by atoms with E-state index in [-0.39, 0.29) is 19.1 Å². The van der Waals surface area contributed by atoms with Crippen LogP contribution in [0, 0.1) is 5.92 Å². The van der Waals surface area contributed by atoms with Gasteiger partial charge in [0.15, 0.2) is 0 Å². The van der Waals surface area contributed by atoms with Gasteiger partial charge in [-0.3, -0.25) is 0 Å². The normalized spacial score (nSPS) is 11.6. The van der Waals surface area contributed by atoms with Crippen LogP contribution in [0.25, 0.3) is 0 Å². The average Bonchev–Trinajstić information content (AvgIpc) is 2.49. The zero-order valence-electron chi connectivity index (χ0n) is 12.4. The van der Waals surface area contributed by atoms with E-state index in [1.165, 1.54) is 6.08 Å². The number of rotatable bonds is 7. The first-order valence-corrected chi connectivity index (χ1v) is 6.79. The molecule has 5 heteroatoms. The van der Waals surface area contributed by atoms with Crippen molar-refractivity contribution in [2.24, 2.45) is 5.92 Å². The van der Waals surface area contributed by atoms with Crippen LogP contribution in [-0.4, -0.2) is 24.7 Å². The van der Waals surface area contributed by atoms with Gasteiger partial charge in [-0.05, 0) is 11.5 Å². The summed E-state index contributed by atoms with van der Waals surface area (Å²) in [6.07, 6.45) is 0.830. The largest absolute Gasteiger partial charge is 0.460 e. The van der Waals surface area contributed by atoms with Crippen molar-refractivity contribution in [2.45, 2.75) is 26.5 Å². The lowest BCUT2D eigenvalue weighted by Gasteiger charge is -2.20. The summed E-state index contributed by atoms with van der Waals surface area (Å²) in [5.74, 6) is -0.604. The molecule has 1 amide bonds. The Morgan fingerprint density at radius 1 is 1.24 bits per heavy atom. The second kappa shape index (κ2) is 8.79. The predicted molar refractivity (Wildman–Crippen MR) is 79.5 cm³/mol. The first-order chi connectivity index (χ1) is 10.0. The highest BCUT2D eigenvalue weighted by Gasteiger charge is 2.26. The van der Waals surface area contributed by atoms with Gasteiger partial charge in [-0.15, -0.1) is 0 Å². The van der Waals surface area contributed by atoms with Gasteiger partial charge in [0.2, 0.25) is 0 Å². The maximum absolute atomic E-state index is 11.8. The number of benzene rings is 1. The maximum atomic E-state index is 11.8. The van der Waals surface area contributed by atoms with Crippen molar-refractivity contribution in [1.29, 1.82) is 0 Å². The Hall–Kier alpha value is -2.30. The van der Waals surface area contributed by atoms with Gasteiger partial charge in [-0.25, -0.2) is 9.59 Å². The molecule has 0 unspecified atom stereocenters. The van der Waals surface area contributed by atoms with Crippen LogP contribution in [0.2, 0.25) is 0 Å². The van der Waals surface area contributed by atoms with Crippen LogP contribution in [0.3, 0.4) is 0 Å². The average molecular weight is 291 g/mol. The highest BCUT2D eigenvalue weighted by molar-refractivity contribution is 5.81. The fourth-order valence-electron chi connectivity index (χ4n) is 1.62. The highest BCUT2D eigenvalue weighted by atomic mass is 16.6. The topological polar surface area (TPSA) is 64.6 Å². The molecule has 0 bridgehead atoms. The van der Waals surface area contributed by atoms with E-state index in [4.69, 9.17) is 9.47 Å². The van der Waals surface area contributed by atoms with Gasteiger partial charge in [0.25, 0.3) is 0 Å². The molecule has 0 saturated heterocycles. The Bertz CT molecular complexity index is 470. The summed E-state index contributed by atoms with van der Waals surface area (Å²) in [7, 11) is 0. The molecule has 5 nitrogen and oxygen atoms in total. The van der Waals surface area contributed by atoms with Crippen molar-refractivity contribution >= 4 is 12.1 Å². The van der Waals surface area contributed by atoms with Crippen molar-refractivity contribution in [1.82, 2.24) is 5.32 Å². The summed E-state index contributed by atoms with van der Waals surface area (Å²) in [6.45, 7) is 7.37. The molecule has 1 rings (SSSR count).